The van der Waals surface area contributed by atoms with Gasteiger partial charge in [-0.05, 0) is 53.6 Å². The van der Waals surface area contributed by atoms with Crippen LogP contribution >= 0.6 is 0 Å². The molecule has 1 aromatic heterocycles. The van der Waals surface area contributed by atoms with Crippen LogP contribution in [0.5, 0.6) is 0 Å². The molecule has 13 heteroatoms. The van der Waals surface area contributed by atoms with Crippen LogP contribution in [0.3, 0.4) is 0 Å². The van der Waals surface area contributed by atoms with Gasteiger partial charge in [0.2, 0.25) is 10.0 Å². The van der Waals surface area contributed by atoms with Crippen LogP contribution in [0.4, 0.5) is 32.0 Å². The van der Waals surface area contributed by atoms with Gasteiger partial charge in [0.05, 0.1) is 24.1 Å². The van der Waals surface area contributed by atoms with Crippen molar-refractivity contribution >= 4 is 21.6 Å². The summed E-state index contributed by atoms with van der Waals surface area (Å²) in [5.41, 5.74) is -1.28. The summed E-state index contributed by atoms with van der Waals surface area (Å²) >= 11 is 0. The van der Waals surface area contributed by atoms with Crippen LogP contribution in [0.15, 0.2) is 66.9 Å². The topological polar surface area (TPSA) is 79.4 Å². The average Bonchev–Trinajstić information content (AvgIpc) is 2.80. The van der Waals surface area contributed by atoms with Crippen molar-refractivity contribution in [3.8, 4) is 0 Å². The van der Waals surface area contributed by atoms with Crippen molar-refractivity contribution in [1.29, 1.82) is 0 Å². The van der Waals surface area contributed by atoms with Gasteiger partial charge in [-0.25, -0.2) is 8.42 Å². The molecule has 0 atom stereocenters. The summed E-state index contributed by atoms with van der Waals surface area (Å²) in [6.07, 6.45) is -7.27. The molecule has 0 saturated carbocycles. The van der Waals surface area contributed by atoms with E-state index in [0.29, 0.717) is 5.56 Å². The molecule has 0 radical (unpaired) electrons. The highest BCUT2D eigenvalue weighted by molar-refractivity contribution is 7.92. The Morgan fingerprint density at radius 3 is 2.11 bits per heavy atom. The number of hydrogen-bond donors (Lipinski definition) is 1. The lowest BCUT2D eigenvalue weighted by molar-refractivity contribution is -0.141. The number of carbonyl (C=O) groups is 1. The van der Waals surface area contributed by atoms with Gasteiger partial charge in [0.1, 0.15) is 5.69 Å². The molecule has 36 heavy (non-hydrogen) atoms. The largest absolute Gasteiger partial charge is 0.433 e. The number of alkyl halides is 6. The molecule has 1 heterocycles. The summed E-state index contributed by atoms with van der Waals surface area (Å²) in [5.74, 6) is -0.578. The van der Waals surface area contributed by atoms with E-state index < -0.39 is 39.5 Å². The molecule has 192 valence electrons. The Bertz CT molecular complexity index is 1320. The predicted octanol–water partition coefficient (Wildman–Crippen LogP) is 5.02. The van der Waals surface area contributed by atoms with Gasteiger partial charge in [-0.15, -0.1) is 0 Å². The number of sulfonamides is 1. The lowest BCUT2D eigenvalue weighted by Crippen LogP contribution is -2.29. The van der Waals surface area contributed by atoms with Crippen molar-refractivity contribution in [2.24, 2.45) is 0 Å². The third kappa shape index (κ3) is 6.97. The van der Waals surface area contributed by atoms with Crippen LogP contribution < -0.4 is 9.62 Å². The summed E-state index contributed by atoms with van der Waals surface area (Å²) in [6, 6.07) is 11.5. The molecule has 0 saturated heterocycles. The highest BCUT2D eigenvalue weighted by Gasteiger charge is 2.32. The summed E-state index contributed by atoms with van der Waals surface area (Å²) in [6.45, 7) is -0.466. The first-order valence-electron chi connectivity index (χ1n) is 10.2. The third-order valence-electron chi connectivity index (χ3n) is 4.97. The molecule has 0 aliphatic heterocycles. The molecular formula is C23H19F6N3O3S. The Kier molecular flexibility index (Phi) is 7.62. The number of aromatic nitrogens is 1. The van der Waals surface area contributed by atoms with E-state index in [0.717, 1.165) is 35.0 Å². The maximum Gasteiger partial charge on any atom is 0.433 e. The SMILES string of the molecule is CS(=O)(=O)N(Cc1cccc(C(F)(F)F)c1)c1ccc(C(=O)NCc2ccc(C(F)(F)F)nc2)cc1. The predicted molar refractivity (Wildman–Crippen MR) is 119 cm³/mol. The van der Waals surface area contributed by atoms with Crippen molar-refractivity contribution < 1.29 is 39.6 Å². The highest BCUT2D eigenvalue weighted by Crippen LogP contribution is 2.31. The van der Waals surface area contributed by atoms with E-state index in [1.54, 1.807) is 0 Å². The Hall–Kier alpha value is -3.61. The monoisotopic (exact) mass is 531 g/mol. The van der Waals surface area contributed by atoms with Crippen LogP contribution in [0.1, 0.15) is 32.7 Å². The standard InChI is InChI=1S/C23H19F6N3O3S/c1-36(34,35)32(14-15-3-2-4-18(11-15)22(24,25)26)19-8-6-17(7-9-19)21(33)31-13-16-5-10-20(30-12-16)23(27,28)29/h2-12H,13-14H2,1H3,(H,31,33). The van der Waals surface area contributed by atoms with E-state index in [9.17, 15) is 39.6 Å². The van der Waals surface area contributed by atoms with Crippen molar-refractivity contribution in [3.05, 3.63) is 94.8 Å². The second-order valence-electron chi connectivity index (χ2n) is 7.75. The van der Waals surface area contributed by atoms with E-state index >= 15 is 0 Å². The van der Waals surface area contributed by atoms with Gasteiger partial charge >= 0.3 is 12.4 Å². The number of carbonyl (C=O) groups excluding carboxylic acids is 1. The normalized spacial score (nSPS) is 12.3. The van der Waals surface area contributed by atoms with Gasteiger partial charge in [0.15, 0.2) is 0 Å². The molecule has 0 aliphatic rings. The molecule has 0 aliphatic carbocycles. The molecular weight excluding hydrogens is 512 g/mol. The molecule has 1 N–H and O–H groups in total. The number of rotatable bonds is 7. The van der Waals surface area contributed by atoms with Gasteiger partial charge in [-0.1, -0.05) is 18.2 Å². The summed E-state index contributed by atoms with van der Waals surface area (Å²) < 4.78 is 102. The molecule has 2 aromatic carbocycles. The van der Waals surface area contributed by atoms with Crippen LogP contribution in [0.25, 0.3) is 0 Å². The van der Waals surface area contributed by atoms with Crippen LogP contribution in [0, 0.1) is 0 Å². The number of halogens is 6. The summed E-state index contributed by atoms with van der Waals surface area (Å²) in [5, 5.41) is 2.51. The van der Waals surface area contributed by atoms with E-state index in [-0.39, 0.29) is 29.9 Å². The Morgan fingerprint density at radius 2 is 1.58 bits per heavy atom. The zero-order chi connectivity index (χ0) is 26.7. The van der Waals surface area contributed by atoms with Crippen molar-refractivity contribution in [2.45, 2.75) is 25.4 Å². The second-order valence-corrected chi connectivity index (χ2v) is 9.65. The van der Waals surface area contributed by atoms with Crippen LogP contribution in [-0.4, -0.2) is 25.6 Å². The zero-order valence-corrected chi connectivity index (χ0v) is 19.4. The first-order valence-corrected chi connectivity index (χ1v) is 12.0. The minimum absolute atomic E-state index is 0.100. The molecule has 3 aromatic rings. The molecule has 0 unspecified atom stereocenters. The van der Waals surface area contributed by atoms with Gasteiger partial charge in [-0.3, -0.25) is 14.1 Å². The minimum atomic E-state index is -4.59. The van der Waals surface area contributed by atoms with E-state index in [4.69, 9.17) is 0 Å². The summed E-state index contributed by atoms with van der Waals surface area (Å²) in [4.78, 5) is 15.7. The molecule has 6 nitrogen and oxygen atoms in total. The molecule has 0 spiro atoms. The van der Waals surface area contributed by atoms with E-state index in [1.807, 2.05) is 0 Å². The van der Waals surface area contributed by atoms with Gasteiger partial charge in [-0.2, -0.15) is 26.3 Å². The van der Waals surface area contributed by atoms with E-state index in [2.05, 4.69) is 10.3 Å². The quantitative estimate of drug-likeness (QED) is 0.435. The molecule has 3 rings (SSSR count). The van der Waals surface area contributed by atoms with Gasteiger partial charge < -0.3 is 5.32 Å². The van der Waals surface area contributed by atoms with Crippen LogP contribution in [-0.2, 0) is 35.5 Å². The second kappa shape index (κ2) is 10.2. The maximum atomic E-state index is 13.0. The van der Waals surface area contributed by atoms with E-state index in [1.165, 1.54) is 42.5 Å². The fraction of sp³-hybridized carbons (Fsp3) is 0.217. The average molecular weight is 531 g/mol. The Morgan fingerprint density at radius 1 is 0.917 bits per heavy atom. The number of pyridine rings is 1. The van der Waals surface area contributed by atoms with Crippen molar-refractivity contribution in [1.82, 2.24) is 10.3 Å². The first-order chi connectivity index (χ1) is 16.6. The smallest absolute Gasteiger partial charge is 0.348 e. The number of nitrogens with zero attached hydrogens (tertiary/aromatic N) is 2. The first kappa shape index (κ1) is 27.0. The van der Waals surface area contributed by atoms with Gasteiger partial charge in [0.25, 0.3) is 5.91 Å². The zero-order valence-electron chi connectivity index (χ0n) is 18.6. The maximum absolute atomic E-state index is 13.0. The lowest BCUT2D eigenvalue weighted by Gasteiger charge is -2.23. The molecule has 1 amide bonds. The number of nitrogens with one attached hydrogen (secondary N) is 1. The molecule has 0 fully saturated rings. The number of benzene rings is 2. The Labute approximate surface area is 202 Å². The highest BCUT2D eigenvalue weighted by atomic mass is 32.2. The lowest BCUT2D eigenvalue weighted by atomic mass is 10.1. The number of anilines is 1. The van der Waals surface area contributed by atoms with Gasteiger partial charge in [0, 0.05) is 18.3 Å². The minimum Gasteiger partial charge on any atom is -0.348 e. The number of hydrogen-bond acceptors (Lipinski definition) is 4. The van der Waals surface area contributed by atoms with Crippen molar-refractivity contribution in [3.63, 3.8) is 0 Å². The van der Waals surface area contributed by atoms with Crippen LogP contribution in [0.2, 0.25) is 0 Å². The fourth-order valence-corrected chi connectivity index (χ4v) is 4.06. The molecule has 0 bridgehead atoms. The Balaban J connectivity index is 1.72. The third-order valence-corrected chi connectivity index (χ3v) is 6.11. The summed E-state index contributed by atoms with van der Waals surface area (Å²) in [7, 11) is -3.89. The fourth-order valence-electron chi connectivity index (χ4n) is 3.17. The number of amides is 1. The van der Waals surface area contributed by atoms with Crippen molar-refractivity contribution in [2.75, 3.05) is 10.6 Å².